The van der Waals surface area contributed by atoms with Crippen LogP contribution in [-0.4, -0.2) is 11.0 Å². The van der Waals surface area contributed by atoms with Gasteiger partial charge in [0.25, 0.3) is 0 Å². The van der Waals surface area contributed by atoms with E-state index in [1.807, 2.05) is 13.0 Å². The van der Waals surface area contributed by atoms with Gasteiger partial charge >= 0.3 is 0 Å². The van der Waals surface area contributed by atoms with Crippen molar-refractivity contribution in [1.29, 1.82) is 0 Å². The summed E-state index contributed by atoms with van der Waals surface area (Å²) in [6, 6.07) is 3.67. The Bertz CT molecular complexity index is 487. The van der Waals surface area contributed by atoms with Crippen LogP contribution in [0.4, 0.5) is 11.4 Å². The summed E-state index contributed by atoms with van der Waals surface area (Å²) in [4.78, 5) is 11.8. The number of hydrogen-bond acceptors (Lipinski definition) is 3. The van der Waals surface area contributed by atoms with Crippen LogP contribution in [0, 0.1) is 0 Å². The molecule has 0 aromatic heterocycles. The van der Waals surface area contributed by atoms with Gasteiger partial charge in [-0.25, -0.2) is 0 Å². The molecule has 4 heteroatoms. The fourth-order valence-corrected chi connectivity index (χ4v) is 2.61. The zero-order valence-corrected chi connectivity index (χ0v) is 14.7. The number of benzene rings is 1. The normalized spacial score (nSPS) is 10.7. The third kappa shape index (κ3) is 6.93. The van der Waals surface area contributed by atoms with Gasteiger partial charge in [0.1, 0.15) is 5.75 Å². The molecule has 0 fully saturated rings. The maximum absolute atomic E-state index is 11.8. The quantitative estimate of drug-likeness (QED) is 0.305. The Kier molecular flexibility index (Phi) is 9.18. The molecular weight excluding hydrogens is 288 g/mol. The van der Waals surface area contributed by atoms with Gasteiger partial charge in [0, 0.05) is 6.42 Å². The van der Waals surface area contributed by atoms with Crippen molar-refractivity contribution in [2.24, 2.45) is 0 Å². The number of nitrogens with one attached hydrogen (secondary N) is 1. The largest absolute Gasteiger partial charge is 0.505 e. The summed E-state index contributed by atoms with van der Waals surface area (Å²) in [5.74, 6) is 0.0634. The van der Waals surface area contributed by atoms with E-state index in [4.69, 9.17) is 5.73 Å². The fourth-order valence-electron chi connectivity index (χ4n) is 2.61. The first-order valence-corrected chi connectivity index (χ1v) is 9.00. The Balaban J connectivity index is 2.51. The highest BCUT2D eigenvalue weighted by atomic mass is 16.3. The van der Waals surface area contributed by atoms with Crippen LogP contribution < -0.4 is 11.1 Å². The van der Waals surface area contributed by atoms with Crippen molar-refractivity contribution in [2.75, 3.05) is 11.1 Å². The molecule has 4 nitrogen and oxygen atoms in total. The summed E-state index contributed by atoms with van der Waals surface area (Å²) in [5, 5.41) is 13.0. The molecule has 23 heavy (non-hydrogen) atoms. The highest BCUT2D eigenvalue weighted by molar-refractivity contribution is 5.95. The first-order valence-electron chi connectivity index (χ1n) is 9.00. The molecule has 0 saturated carbocycles. The summed E-state index contributed by atoms with van der Waals surface area (Å²) in [6.45, 7) is 4.26. The monoisotopic (exact) mass is 320 g/mol. The lowest BCUT2D eigenvalue weighted by atomic mass is 10.0. The smallest absolute Gasteiger partial charge is 0.224 e. The van der Waals surface area contributed by atoms with E-state index in [0.717, 1.165) is 31.2 Å². The third-order valence-corrected chi connectivity index (χ3v) is 4.13. The number of hydrogen-bond donors (Lipinski definition) is 3. The van der Waals surface area contributed by atoms with Gasteiger partial charge in [-0.3, -0.25) is 4.79 Å². The molecule has 4 N–H and O–H groups in total. The van der Waals surface area contributed by atoms with Crippen LogP contribution in [0.3, 0.4) is 0 Å². The summed E-state index contributed by atoms with van der Waals surface area (Å²) in [6.07, 6.45) is 10.5. The van der Waals surface area contributed by atoms with Crippen molar-refractivity contribution in [2.45, 2.75) is 78.1 Å². The minimum atomic E-state index is -0.0541. The lowest BCUT2D eigenvalue weighted by Gasteiger charge is -2.13. The molecule has 0 radical (unpaired) electrons. The van der Waals surface area contributed by atoms with E-state index in [-0.39, 0.29) is 17.3 Å². The van der Waals surface area contributed by atoms with Gasteiger partial charge in [-0.05, 0) is 30.9 Å². The molecule has 0 bridgehead atoms. The highest BCUT2D eigenvalue weighted by Crippen LogP contribution is 2.33. The van der Waals surface area contributed by atoms with E-state index in [2.05, 4.69) is 12.2 Å². The number of carbonyl (C=O) groups excluding carboxylic acids is 1. The maximum atomic E-state index is 11.8. The molecule has 130 valence electrons. The molecule has 0 unspecified atom stereocenters. The summed E-state index contributed by atoms with van der Waals surface area (Å²) in [7, 11) is 0. The van der Waals surface area contributed by atoms with Gasteiger partial charge in [-0.2, -0.15) is 0 Å². The second kappa shape index (κ2) is 10.9. The average molecular weight is 320 g/mol. The van der Waals surface area contributed by atoms with Crippen LogP contribution in [-0.2, 0) is 11.2 Å². The van der Waals surface area contributed by atoms with Gasteiger partial charge in [-0.15, -0.1) is 0 Å². The molecule has 0 heterocycles. The van der Waals surface area contributed by atoms with E-state index < -0.39 is 0 Å². The van der Waals surface area contributed by atoms with Gasteiger partial charge < -0.3 is 16.2 Å². The van der Waals surface area contributed by atoms with Crippen LogP contribution in [0.1, 0.15) is 77.2 Å². The molecule has 0 aliphatic heterocycles. The first kappa shape index (κ1) is 19.3. The number of carbonyl (C=O) groups is 1. The number of unbranched alkanes of at least 4 members (excludes halogenated alkanes) is 6. The standard InChI is InChI=1S/C19H32N2O2/c1-3-5-7-8-9-10-11-15-13-14-16(18(20)19(15)23)21-17(22)12-6-4-2/h13-14,23H,3-12,20H2,1-2H3,(H,21,22). The molecule has 1 aromatic carbocycles. The van der Waals surface area contributed by atoms with E-state index >= 15 is 0 Å². The van der Waals surface area contributed by atoms with Crippen LogP contribution >= 0.6 is 0 Å². The zero-order valence-electron chi connectivity index (χ0n) is 14.7. The van der Waals surface area contributed by atoms with E-state index in [9.17, 15) is 9.90 Å². The van der Waals surface area contributed by atoms with Crippen molar-refractivity contribution in [1.82, 2.24) is 0 Å². The Morgan fingerprint density at radius 1 is 1.04 bits per heavy atom. The predicted molar refractivity (Wildman–Crippen MR) is 97.8 cm³/mol. The number of aryl methyl sites for hydroxylation is 1. The number of rotatable bonds is 11. The van der Waals surface area contributed by atoms with E-state index in [0.29, 0.717) is 12.1 Å². The summed E-state index contributed by atoms with van der Waals surface area (Å²) < 4.78 is 0. The molecule has 1 amide bonds. The number of nitrogen functional groups attached to an aromatic ring is 1. The second-order valence-electron chi connectivity index (χ2n) is 6.20. The van der Waals surface area contributed by atoms with Gasteiger partial charge in [0.15, 0.2) is 0 Å². The van der Waals surface area contributed by atoms with Gasteiger partial charge in [0.2, 0.25) is 5.91 Å². The third-order valence-electron chi connectivity index (χ3n) is 4.13. The SMILES string of the molecule is CCCCCCCCc1ccc(NC(=O)CCCC)c(N)c1O. The minimum absolute atomic E-state index is 0.0541. The molecule has 1 aromatic rings. The molecule has 0 spiro atoms. The number of phenolic OH excluding ortho intramolecular Hbond substituents is 1. The molecule has 0 saturated heterocycles. The Hall–Kier alpha value is -1.71. The predicted octanol–water partition coefficient (Wildman–Crippen LogP) is 5.01. The molecule has 0 atom stereocenters. The van der Waals surface area contributed by atoms with E-state index in [1.54, 1.807) is 6.07 Å². The van der Waals surface area contributed by atoms with Crippen LogP contribution in [0.25, 0.3) is 0 Å². The lowest BCUT2D eigenvalue weighted by Crippen LogP contribution is -2.12. The lowest BCUT2D eigenvalue weighted by molar-refractivity contribution is -0.116. The average Bonchev–Trinajstić information content (AvgIpc) is 2.55. The summed E-state index contributed by atoms with van der Waals surface area (Å²) in [5.41, 5.74) is 7.62. The van der Waals surface area contributed by atoms with Crippen LogP contribution in [0.5, 0.6) is 5.75 Å². The van der Waals surface area contributed by atoms with Gasteiger partial charge in [0.05, 0.1) is 11.4 Å². The second-order valence-corrected chi connectivity index (χ2v) is 6.20. The van der Waals surface area contributed by atoms with Crippen molar-refractivity contribution in [3.05, 3.63) is 17.7 Å². The van der Waals surface area contributed by atoms with Crippen LogP contribution in [0.2, 0.25) is 0 Å². The van der Waals surface area contributed by atoms with E-state index in [1.165, 1.54) is 32.1 Å². The maximum Gasteiger partial charge on any atom is 0.224 e. The Labute approximate surface area is 140 Å². The summed E-state index contributed by atoms with van der Waals surface area (Å²) >= 11 is 0. The van der Waals surface area contributed by atoms with Crippen molar-refractivity contribution >= 4 is 17.3 Å². The van der Waals surface area contributed by atoms with Gasteiger partial charge in [-0.1, -0.05) is 58.4 Å². The molecular formula is C19H32N2O2. The Morgan fingerprint density at radius 3 is 2.39 bits per heavy atom. The fraction of sp³-hybridized carbons (Fsp3) is 0.632. The van der Waals surface area contributed by atoms with Crippen molar-refractivity contribution in [3.8, 4) is 5.75 Å². The first-order chi connectivity index (χ1) is 11.1. The molecule has 0 aliphatic rings. The molecule has 1 rings (SSSR count). The van der Waals surface area contributed by atoms with Crippen LogP contribution in [0.15, 0.2) is 12.1 Å². The van der Waals surface area contributed by atoms with Crippen molar-refractivity contribution < 1.29 is 9.90 Å². The number of aromatic hydroxyl groups is 1. The number of nitrogens with two attached hydrogens (primary N) is 1. The highest BCUT2D eigenvalue weighted by Gasteiger charge is 2.11. The molecule has 0 aliphatic carbocycles. The minimum Gasteiger partial charge on any atom is -0.505 e. The number of phenols is 1. The zero-order chi connectivity index (χ0) is 17.1. The topological polar surface area (TPSA) is 75.4 Å². The van der Waals surface area contributed by atoms with Crippen molar-refractivity contribution in [3.63, 3.8) is 0 Å². The number of anilines is 2. The number of amides is 1. The Morgan fingerprint density at radius 2 is 1.70 bits per heavy atom.